The smallest absolute Gasteiger partial charge is 0.328 e. The van der Waals surface area contributed by atoms with Crippen molar-refractivity contribution in [1.82, 2.24) is 4.98 Å². The van der Waals surface area contributed by atoms with Gasteiger partial charge in [-0.15, -0.1) is 12.4 Å². The lowest BCUT2D eigenvalue weighted by Crippen LogP contribution is -2.10. The van der Waals surface area contributed by atoms with E-state index in [2.05, 4.69) is 4.98 Å². The van der Waals surface area contributed by atoms with Crippen LogP contribution in [0.1, 0.15) is 5.69 Å². The van der Waals surface area contributed by atoms with Gasteiger partial charge in [0.25, 0.3) is 0 Å². The molecule has 104 valence electrons. The first kappa shape index (κ1) is 17.1. The van der Waals surface area contributed by atoms with E-state index < -0.39 is 5.97 Å². The Labute approximate surface area is 116 Å². The quantitative estimate of drug-likeness (QED) is 0.780. The molecule has 0 spiro atoms. The van der Waals surface area contributed by atoms with Crippen LogP contribution in [0.15, 0.2) is 36.3 Å². The maximum absolute atomic E-state index is 12.2. The zero-order chi connectivity index (χ0) is 13.4. The van der Waals surface area contributed by atoms with Crippen LogP contribution in [0.4, 0.5) is 4.39 Å². The molecule has 0 aromatic carbocycles. The minimum atomic E-state index is -1.04. The summed E-state index contributed by atoms with van der Waals surface area (Å²) < 4.78 is 17.4. The summed E-state index contributed by atoms with van der Waals surface area (Å²) in [5, 5.41) is 8.44. The molecular formula is C12H14ClFN2O3. The van der Waals surface area contributed by atoms with Gasteiger partial charge >= 0.3 is 5.97 Å². The number of rotatable bonds is 6. The summed E-state index contributed by atoms with van der Waals surface area (Å²) in [4.78, 5) is 14.3. The van der Waals surface area contributed by atoms with Crippen LogP contribution < -0.4 is 10.5 Å². The molecule has 1 aromatic heterocycles. The summed E-state index contributed by atoms with van der Waals surface area (Å²) in [5.41, 5.74) is 6.10. The number of hydrogen-bond acceptors (Lipinski definition) is 4. The van der Waals surface area contributed by atoms with Crippen molar-refractivity contribution in [2.24, 2.45) is 5.73 Å². The third-order valence-corrected chi connectivity index (χ3v) is 2.00. The highest BCUT2D eigenvalue weighted by molar-refractivity contribution is 5.85. The molecule has 0 aliphatic carbocycles. The molecule has 0 atom stereocenters. The number of carbonyl (C=O) groups is 1. The SMILES string of the molecule is Cl.NC/C(=C/F)COc1ccc(/C=C\C(=O)O)nc1. The van der Waals surface area contributed by atoms with E-state index in [0.717, 1.165) is 6.08 Å². The Bertz CT molecular complexity index is 461. The second kappa shape index (κ2) is 9.07. The Morgan fingerprint density at radius 3 is 2.74 bits per heavy atom. The monoisotopic (exact) mass is 288 g/mol. The highest BCUT2D eigenvalue weighted by atomic mass is 35.5. The Morgan fingerprint density at radius 2 is 2.26 bits per heavy atom. The van der Waals surface area contributed by atoms with Gasteiger partial charge in [-0.05, 0) is 18.2 Å². The van der Waals surface area contributed by atoms with Gasteiger partial charge in [-0.1, -0.05) is 0 Å². The van der Waals surface area contributed by atoms with E-state index in [9.17, 15) is 9.18 Å². The van der Waals surface area contributed by atoms with Crippen LogP contribution >= 0.6 is 12.4 Å². The van der Waals surface area contributed by atoms with Crippen molar-refractivity contribution in [3.8, 4) is 5.75 Å². The summed E-state index contributed by atoms with van der Waals surface area (Å²) in [7, 11) is 0. The average Bonchev–Trinajstić information content (AvgIpc) is 2.39. The van der Waals surface area contributed by atoms with E-state index in [1.165, 1.54) is 12.3 Å². The lowest BCUT2D eigenvalue weighted by molar-refractivity contribution is -0.131. The molecule has 5 nitrogen and oxygen atoms in total. The van der Waals surface area contributed by atoms with Crippen LogP contribution in [0.5, 0.6) is 5.75 Å². The van der Waals surface area contributed by atoms with Gasteiger partial charge in [0, 0.05) is 18.2 Å². The minimum absolute atomic E-state index is 0. The Hall–Kier alpha value is -1.92. The molecule has 19 heavy (non-hydrogen) atoms. The second-order valence-corrected chi connectivity index (χ2v) is 3.35. The van der Waals surface area contributed by atoms with Gasteiger partial charge in [-0.25, -0.2) is 9.18 Å². The summed E-state index contributed by atoms with van der Waals surface area (Å²) in [6, 6.07) is 3.21. The van der Waals surface area contributed by atoms with Crippen molar-refractivity contribution in [2.45, 2.75) is 0 Å². The van der Waals surface area contributed by atoms with E-state index in [1.54, 1.807) is 12.1 Å². The van der Waals surface area contributed by atoms with Crippen LogP contribution in [0, 0.1) is 0 Å². The number of nitrogens with two attached hydrogens (primary N) is 1. The van der Waals surface area contributed by atoms with Crippen molar-refractivity contribution in [1.29, 1.82) is 0 Å². The van der Waals surface area contributed by atoms with Crippen LogP contribution in [-0.2, 0) is 4.79 Å². The fourth-order valence-corrected chi connectivity index (χ4v) is 1.04. The number of ether oxygens (including phenoxy) is 1. The molecule has 0 radical (unpaired) electrons. The molecular weight excluding hydrogens is 275 g/mol. The first-order valence-corrected chi connectivity index (χ1v) is 5.13. The predicted molar refractivity (Wildman–Crippen MR) is 71.9 cm³/mol. The van der Waals surface area contributed by atoms with Gasteiger partial charge in [0.05, 0.1) is 18.2 Å². The van der Waals surface area contributed by atoms with Gasteiger partial charge in [0.2, 0.25) is 0 Å². The van der Waals surface area contributed by atoms with Gasteiger partial charge in [-0.3, -0.25) is 4.98 Å². The van der Waals surface area contributed by atoms with Crippen molar-refractivity contribution in [3.63, 3.8) is 0 Å². The lowest BCUT2D eigenvalue weighted by atomic mass is 10.3. The van der Waals surface area contributed by atoms with Gasteiger partial charge in [-0.2, -0.15) is 0 Å². The molecule has 3 N–H and O–H groups in total. The summed E-state index contributed by atoms with van der Waals surface area (Å²) in [5.74, 6) is -0.590. The molecule has 0 saturated carbocycles. The molecule has 0 amide bonds. The van der Waals surface area contributed by atoms with E-state index in [0.29, 0.717) is 23.3 Å². The lowest BCUT2D eigenvalue weighted by Gasteiger charge is -2.06. The normalized spacial score (nSPS) is 11.2. The third kappa shape index (κ3) is 6.54. The fraction of sp³-hybridized carbons (Fsp3) is 0.167. The Balaban J connectivity index is 0.00000324. The zero-order valence-electron chi connectivity index (χ0n) is 9.95. The van der Waals surface area contributed by atoms with Crippen molar-refractivity contribution < 1.29 is 19.0 Å². The van der Waals surface area contributed by atoms with E-state index in [4.69, 9.17) is 15.6 Å². The number of pyridine rings is 1. The zero-order valence-corrected chi connectivity index (χ0v) is 10.8. The minimum Gasteiger partial charge on any atom is -0.487 e. The number of hydrogen-bond donors (Lipinski definition) is 2. The molecule has 1 rings (SSSR count). The molecule has 0 saturated heterocycles. The van der Waals surface area contributed by atoms with Crippen molar-refractivity contribution in [3.05, 3.63) is 42.0 Å². The number of halogens is 2. The average molecular weight is 289 g/mol. The fourth-order valence-electron chi connectivity index (χ4n) is 1.04. The first-order valence-electron chi connectivity index (χ1n) is 5.13. The van der Waals surface area contributed by atoms with E-state index >= 15 is 0 Å². The number of aromatic nitrogens is 1. The molecule has 1 aromatic rings. The van der Waals surface area contributed by atoms with E-state index in [1.807, 2.05) is 0 Å². The summed E-state index contributed by atoms with van der Waals surface area (Å²) >= 11 is 0. The standard InChI is InChI=1S/C12H13FN2O3.ClH/c13-5-9(6-14)8-18-11-3-1-10(15-7-11)2-4-12(16)17;/h1-5,7H,6,8,14H2,(H,16,17);1H/b4-2-,9-5-;. The molecule has 7 heteroatoms. The summed E-state index contributed by atoms with van der Waals surface area (Å²) in [6.45, 7) is 0.141. The number of carboxylic acids is 1. The maximum Gasteiger partial charge on any atom is 0.328 e. The van der Waals surface area contributed by atoms with Crippen LogP contribution in [0.25, 0.3) is 6.08 Å². The molecule has 0 unspecified atom stereocenters. The number of aliphatic carboxylic acids is 1. The van der Waals surface area contributed by atoms with Gasteiger partial charge in [0.1, 0.15) is 12.4 Å². The Kier molecular flexibility index (Phi) is 8.15. The highest BCUT2D eigenvalue weighted by Crippen LogP contribution is 2.11. The summed E-state index contributed by atoms with van der Waals surface area (Å²) in [6.07, 6.45) is 4.19. The highest BCUT2D eigenvalue weighted by Gasteiger charge is 1.98. The van der Waals surface area contributed by atoms with Crippen LogP contribution in [-0.4, -0.2) is 29.2 Å². The van der Waals surface area contributed by atoms with Crippen molar-refractivity contribution in [2.75, 3.05) is 13.2 Å². The molecule has 0 aliphatic heterocycles. The maximum atomic E-state index is 12.2. The van der Waals surface area contributed by atoms with Gasteiger partial charge < -0.3 is 15.6 Å². The molecule has 0 bridgehead atoms. The second-order valence-electron chi connectivity index (χ2n) is 3.35. The third-order valence-electron chi connectivity index (χ3n) is 2.00. The topological polar surface area (TPSA) is 85.4 Å². The number of carboxylic acid groups (broad SMARTS) is 1. The molecule has 0 fully saturated rings. The van der Waals surface area contributed by atoms with Crippen molar-refractivity contribution >= 4 is 24.5 Å². The molecule has 1 heterocycles. The first-order chi connectivity index (χ1) is 8.65. The van der Waals surface area contributed by atoms with Crippen LogP contribution in [0.3, 0.4) is 0 Å². The van der Waals surface area contributed by atoms with Crippen LogP contribution in [0.2, 0.25) is 0 Å². The molecule has 0 aliphatic rings. The van der Waals surface area contributed by atoms with Gasteiger partial charge in [0.15, 0.2) is 0 Å². The van der Waals surface area contributed by atoms with E-state index in [-0.39, 0.29) is 25.6 Å². The predicted octanol–water partition coefficient (Wildman–Crippen LogP) is 1.79. The number of nitrogens with zero attached hydrogens (tertiary/aromatic N) is 1. The largest absolute Gasteiger partial charge is 0.487 e. The Morgan fingerprint density at radius 1 is 1.53 bits per heavy atom.